The number of ether oxygens (including phenoxy) is 2. The molecule has 1 aliphatic heterocycles. The molecule has 1 amide bonds. The molecule has 10 nitrogen and oxygen atoms in total. The third-order valence-corrected chi connectivity index (χ3v) is 6.16. The molecule has 1 atom stereocenters. The Balaban J connectivity index is 1.78. The maximum absolute atomic E-state index is 13.5. The number of methoxy groups -OCH3 is 1. The van der Waals surface area contributed by atoms with E-state index < -0.39 is 40.6 Å². The molecule has 2 heterocycles. The highest BCUT2D eigenvalue weighted by atomic mass is 19.1. The lowest BCUT2D eigenvalue weighted by Crippen LogP contribution is -2.49. The Morgan fingerprint density at radius 2 is 1.78 bits per heavy atom. The number of likely N-dealkylation sites (tertiary alicyclic amines) is 1. The van der Waals surface area contributed by atoms with E-state index in [1.54, 1.807) is 31.2 Å². The van der Waals surface area contributed by atoms with E-state index >= 15 is 0 Å². The fraction of sp³-hybridized carbons (Fsp3) is 0.346. The number of hydrogen-bond acceptors (Lipinski definition) is 7. The average Bonchev–Trinajstić information content (AvgIpc) is 2.92. The molecular weight excluding hydrogens is 483 g/mol. The van der Waals surface area contributed by atoms with Crippen molar-refractivity contribution in [2.24, 2.45) is 5.92 Å². The quantitative estimate of drug-likeness (QED) is 0.447. The zero-order valence-corrected chi connectivity index (χ0v) is 20.6. The molecule has 2 aromatic carbocycles. The average molecular weight is 511 g/mol. The number of aromatic nitrogens is 3. The Kier molecular flexibility index (Phi) is 7.80. The van der Waals surface area contributed by atoms with Gasteiger partial charge < -0.3 is 14.4 Å². The molecule has 0 aliphatic carbocycles. The number of halogens is 1. The third-order valence-electron chi connectivity index (χ3n) is 6.16. The molecule has 3 aromatic rings. The summed E-state index contributed by atoms with van der Waals surface area (Å²) in [5.74, 6) is -1.50. The molecule has 1 aliphatic rings. The molecule has 4 rings (SSSR count). The molecular formula is C26H27FN4O6. The van der Waals surface area contributed by atoms with Gasteiger partial charge in [0.25, 0.3) is 11.5 Å². The van der Waals surface area contributed by atoms with Crippen molar-refractivity contribution in [3.05, 3.63) is 86.4 Å². The molecule has 0 bridgehead atoms. The van der Waals surface area contributed by atoms with Crippen LogP contribution in [-0.4, -0.2) is 57.9 Å². The summed E-state index contributed by atoms with van der Waals surface area (Å²) >= 11 is 0. The molecule has 0 unspecified atom stereocenters. The summed E-state index contributed by atoms with van der Waals surface area (Å²) in [7, 11) is 1.50. The van der Waals surface area contributed by atoms with Crippen LogP contribution in [0.5, 0.6) is 5.75 Å². The smallest absolute Gasteiger partial charge is 0.352 e. The van der Waals surface area contributed by atoms with Gasteiger partial charge in [-0.3, -0.25) is 19.0 Å². The van der Waals surface area contributed by atoms with Crippen LogP contribution in [0.25, 0.3) is 5.69 Å². The maximum atomic E-state index is 13.5. The van der Waals surface area contributed by atoms with Crippen molar-refractivity contribution in [2.45, 2.75) is 26.3 Å². The van der Waals surface area contributed by atoms with E-state index in [1.807, 2.05) is 0 Å². The fourth-order valence-corrected chi connectivity index (χ4v) is 4.22. The van der Waals surface area contributed by atoms with Crippen LogP contribution in [0.15, 0.2) is 58.1 Å². The first-order valence-electron chi connectivity index (χ1n) is 11.9. The van der Waals surface area contributed by atoms with Crippen molar-refractivity contribution in [1.29, 1.82) is 0 Å². The number of benzene rings is 2. The number of esters is 1. The standard InChI is InChI=1S/C26H27FN4O6/c1-3-37-25(34)18-5-4-14-29(16-18)23(32)22-24(33)30(15-17-6-8-19(27)9-7-17)26(35)31(28-22)20-10-12-21(36-2)13-11-20/h6-13,18H,3-5,14-16H2,1-2H3/t18-/m1/s1. The molecule has 0 spiro atoms. The summed E-state index contributed by atoms with van der Waals surface area (Å²) in [6.45, 7) is 2.15. The second kappa shape index (κ2) is 11.2. The highest BCUT2D eigenvalue weighted by molar-refractivity contribution is 5.92. The van der Waals surface area contributed by atoms with Crippen LogP contribution in [0.3, 0.4) is 0 Å². The Hall–Kier alpha value is -4.28. The Morgan fingerprint density at radius 3 is 2.43 bits per heavy atom. The normalized spacial score (nSPS) is 15.3. The van der Waals surface area contributed by atoms with E-state index in [0.717, 1.165) is 9.25 Å². The third kappa shape index (κ3) is 5.60. The predicted octanol–water partition coefficient (Wildman–Crippen LogP) is 2.01. The highest BCUT2D eigenvalue weighted by Gasteiger charge is 2.32. The first kappa shape index (κ1) is 25.8. The van der Waals surface area contributed by atoms with E-state index in [1.165, 1.54) is 36.3 Å². The molecule has 194 valence electrons. The van der Waals surface area contributed by atoms with Gasteiger partial charge in [-0.1, -0.05) is 12.1 Å². The van der Waals surface area contributed by atoms with Crippen LogP contribution in [-0.2, 0) is 16.1 Å². The van der Waals surface area contributed by atoms with Crippen molar-refractivity contribution < 1.29 is 23.5 Å². The minimum Gasteiger partial charge on any atom is -0.497 e. The van der Waals surface area contributed by atoms with E-state index in [4.69, 9.17) is 9.47 Å². The van der Waals surface area contributed by atoms with Crippen molar-refractivity contribution in [1.82, 2.24) is 19.2 Å². The first-order valence-corrected chi connectivity index (χ1v) is 11.9. The highest BCUT2D eigenvalue weighted by Crippen LogP contribution is 2.19. The van der Waals surface area contributed by atoms with E-state index in [-0.39, 0.29) is 19.7 Å². The van der Waals surface area contributed by atoms with Gasteiger partial charge in [-0.25, -0.2) is 9.18 Å². The lowest BCUT2D eigenvalue weighted by molar-refractivity contribution is -0.149. The minimum atomic E-state index is -0.873. The summed E-state index contributed by atoms with van der Waals surface area (Å²) in [4.78, 5) is 53.9. The molecule has 0 saturated carbocycles. The van der Waals surface area contributed by atoms with Crippen molar-refractivity contribution in [3.63, 3.8) is 0 Å². The van der Waals surface area contributed by atoms with E-state index in [9.17, 15) is 23.6 Å². The molecule has 1 saturated heterocycles. The van der Waals surface area contributed by atoms with Gasteiger partial charge in [-0.2, -0.15) is 9.78 Å². The predicted molar refractivity (Wildman–Crippen MR) is 131 cm³/mol. The molecule has 1 fully saturated rings. The van der Waals surface area contributed by atoms with Gasteiger partial charge in [0.15, 0.2) is 0 Å². The van der Waals surface area contributed by atoms with Crippen LogP contribution in [0.1, 0.15) is 35.8 Å². The molecule has 0 radical (unpaired) electrons. The summed E-state index contributed by atoms with van der Waals surface area (Å²) in [5.41, 5.74) is -1.29. The molecule has 37 heavy (non-hydrogen) atoms. The number of carbonyl (C=O) groups is 2. The lowest BCUT2D eigenvalue weighted by Gasteiger charge is -2.31. The number of hydrogen-bond donors (Lipinski definition) is 0. The van der Waals surface area contributed by atoms with E-state index in [2.05, 4.69) is 5.10 Å². The van der Waals surface area contributed by atoms with Crippen LogP contribution in [0.2, 0.25) is 0 Å². The second-order valence-corrected chi connectivity index (χ2v) is 8.60. The largest absolute Gasteiger partial charge is 0.497 e. The van der Waals surface area contributed by atoms with E-state index in [0.29, 0.717) is 36.4 Å². The molecule has 11 heteroatoms. The minimum absolute atomic E-state index is 0.0818. The van der Waals surface area contributed by atoms with Crippen LogP contribution < -0.4 is 16.0 Å². The van der Waals surface area contributed by atoms with Gasteiger partial charge in [0, 0.05) is 13.1 Å². The maximum Gasteiger partial charge on any atom is 0.352 e. The Bertz CT molecular complexity index is 1400. The van der Waals surface area contributed by atoms with Gasteiger partial charge in [-0.15, -0.1) is 0 Å². The summed E-state index contributed by atoms with van der Waals surface area (Å²) in [5, 5.41) is 4.16. The van der Waals surface area contributed by atoms with Crippen molar-refractivity contribution in [2.75, 3.05) is 26.8 Å². The molecule has 1 aromatic heterocycles. The monoisotopic (exact) mass is 510 g/mol. The molecule has 0 N–H and O–H groups in total. The topological polar surface area (TPSA) is 113 Å². The zero-order chi connectivity index (χ0) is 26.5. The fourth-order valence-electron chi connectivity index (χ4n) is 4.22. The van der Waals surface area contributed by atoms with Crippen LogP contribution in [0, 0.1) is 11.7 Å². The Labute approximate surface area is 211 Å². The zero-order valence-electron chi connectivity index (χ0n) is 20.6. The number of piperidine rings is 1. The number of amides is 1. The van der Waals surface area contributed by atoms with Crippen molar-refractivity contribution >= 4 is 11.9 Å². The summed E-state index contributed by atoms with van der Waals surface area (Å²) < 4.78 is 25.5. The number of carbonyl (C=O) groups excluding carboxylic acids is 2. The van der Waals surface area contributed by atoms with Crippen LogP contribution >= 0.6 is 0 Å². The van der Waals surface area contributed by atoms with Crippen molar-refractivity contribution in [3.8, 4) is 11.4 Å². The summed E-state index contributed by atoms with van der Waals surface area (Å²) in [6, 6.07) is 11.7. The van der Waals surface area contributed by atoms with Gasteiger partial charge in [0.1, 0.15) is 11.6 Å². The number of rotatable bonds is 7. The lowest BCUT2D eigenvalue weighted by atomic mass is 9.98. The van der Waals surface area contributed by atoms with Gasteiger partial charge in [-0.05, 0) is 61.7 Å². The summed E-state index contributed by atoms with van der Waals surface area (Å²) in [6.07, 6.45) is 1.12. The van der Waals surface area contributed by atoms with Gasteiger partial charge >= 0.3 is 11.7 Å². The first-order chi connectivity index (χ1) is 17.8. The van der Waals surface area contributed by atoms with Gasteiger partial charge in [0.2, 0.25) is 5.69 Å². The van der Waals surface area contributed by atoms with Crippen LogP contribution in [0.4, 0.5) is 4.39 Å². The second-order valence-electron chi connectivity index (χ2n) is 8.60. The number of nitrogens with zero attached hydrogens (tertiary/aromatic N) is 4. The Morgan fingerprint density at radius 1 is 1.08 bits per heavy atom. The van der Waals surface area contributed by atoms with Gasteiger partial charge in [0.05, 0.1) is 31.9 Å². The SMILES string of the molecule is CCOC(=O)[C@@H]1CCCN(C(=O)c2nn(-c3ccc(OC)cc3)c(=O)n(Cc3ccc(F)cc3)c2=O)C1.